The van der Waals surface area contributed by atoms with E-state index >= 15 is 0 Å². The normalized spacial score (nSPS) is 17.1. The number of ketones is 1. The first-order valence-electron chi connectivity index (χ1n) is 11.6. The average molecular weight is 494 g/mol. The molecule has 3 heterocycles. The number of piperazine rings is 1. The SMILES string of the molecule is COc1cc2nc(N3CCN(C(=O)C4COc5cc(C(C)=O)ccc5O4)CC3)nc(N)c2cc1OC. The highest BCUT2D eigenvalue weighted by molar-refractivity contribution is 5.95. The van der Waals surface area contributed by atoms with Gasteiger partial charge in [-0.25, -0.2) is 4.98 Å². The van der Waals surface area contributed by atoms with E-state index in [0.29, 0.717) is 77.4 Å². The van der Waals surface area contributed by atoms with Crippen LogP contribution in [0.4, 0.5) is 11.8 Å². The Labute approximate surface area is 207 Å². The lowest BCUT2D eigenvalue weighted by atomic mass is 10.1. The van der Waals surface area contributed by atoms with Gasteiger partial charge in [-0.1, -0.05) is 0 Å². The minimum absolute atomic E-state index is 0.0616. The van der Waals surface area contributed by atoms with Crippen LogP contribution in [0.2, 0.25) is 0 Å². The van der Waals surface area contributed by atoms with Crippen molar-refractivity contribution in [3.8, 4) is 23.0 Å². The Balaban J connectivity index is 1.26. The molecule has 11 heteroatoms. The lowest BCUT2D eigenvalue weighted by Gasteiger charge is -2.37. The quantitative estimate of drug-likeness (QED) is 0.526. The molecule has 1 saturated heterocycles. The predicted molar refractivity (Wildman–Crippen MR) is 132 cm³/mol. The summed E-state index contributed by atoms with van der Waals surface area (Å²) in [4.78, 5) is 37.6. The number of carbonyl (C=O) groups excluding carboxylic acids is 2. The van der Waals surface area contributed by atoms with Crippen LogP contribution in [-0.2, 0) is 4.79 Å². The highest BCUT2D eigenvalue weighted by Crippen LogP contribution is 2.35. The molecule has 1 unspecified atom stereocenters. The van der Waals surface area contributed by atoms with Gasteiger partial charge in [-0.05, 0) is 31.2 Å². The van der Waals surface area contributed by atoms with Crippen LogP contribution >= 0.6 is 0 Å². The second-order valence-electron chi connectivity index (χ2n) is 8.58. The van der Waals surface area contributed by atoms with Gasteiger partial charge >= 0.3 is 0 Å². The highest BCUT2D eigenvalue weighted by Gasteiger charge is 2.33. The third-order valence-electron chi connectivity index (χ3n) is 6.38. The van der Waals surface area contributed by atoms with Gasteiger partial charge in [0.2, 0.25) is 12.1 Å². The molecule has 2 aliphatic rings. The smallest absolute Gasteiger partial charge is 0.267 e. The molecule has 0 aliphatic carbocycles. The Hall–Kier alpha value is -4.28. The summed E-state index contributed by atoms with van der Waals surface area (Å²) in [5, 5.41) is 0.676. The number of fused-ring (bicyclic) bond motifs is 2. The van der Waals surface area contributed by atoms with Gasteiger partial charge in [-0.3, -0.25) is 9.59 Å². The molecule has 1 aromatic heterocycles. The molecule has 11 nitrogen and oxygen atoms in total. The van der Waals surface area contributed by atoms with E-state index in [1.54, 1.807) is 49.5 Å². The number of rotatable bonds is 5. The minimum Gasteiger partial charge on any atom is -0.493 e. The number of benzene rings is 2. The summed E-state index contributed by atoms with van der Waals surface area (Å²) in [5.74, 6) is 2.65. The molecule has 1 fully saturated rings. The summed E-state index contributed by atoms with van der Waals surface area (Å²) in [7, 11) is 3.12. The molecule has 0 saturated carbocycles. The predicted octanol–water partition coefficient (Wildman–Crippen LogP) is 1.92. The zero-order valence-corrected chi connectivity index (χ0v) is 20.3. The third kappa shape index (κ3) is 4.28. The van der Waals surface area contributed by atoms with Crippen LogP contribution in [0, 0.1) is 0 Å². The molecular weight excluding hydrogens is 466 g/mol. The maximum atomic E-state index is 13.1. The molecule has 0 radical (unpaired) electrons. The van der Waals surface area contributed by atoms with Crippen molar-refractivity contribution in [1.29, 1.82) is 0 Å². The Kier molecular flexibility index (Phi) is 6.13. The van der Waals surface area contributed by atoms with Crippen LogP contribution < -0.4 is 29.6 Å². The molecule has 36 heavy (non-hydrogen) atoms. The number of nitrogens with zero attached hydrogens (tertiary/aromatic N) is 4. The molecule has 3 aromatic rings. The molecule has 2 aliphatic heterocycles. The summed E-state index contributed by atoms with van der Waals surface area (Å²) < 4.78 is 22.4. The van der Waals surface area contributed by atoms with Gasteiger partial charge in [-0.15, -0.1) is 0 Å². The van der Waals surface area contributed by atoms with Crippen LogP contribution in [-0.4, -0.2) is 79.7 Å². The number of nitrogen functional groups attached to an aromatic ring is 1. The number of ether oxygens (including phenoxy) is 4. The van der Waals surface area contributed by atoms with E-state index in [1.165, 1.54) is 6.92 Å². The van der Waals surface area contributed by atoms with Gasteiger partial charge in [0.05, 0.1) is 19.7 Å². The van der Waals surface area contributed by atoms with Crippen LogP contribution in [0.5, 0.6) is 23.0 Å². The molecule has 0 bridgehead atoms. The Bertz CT molecular complexity index is 1340. The van der Waals surface area contributed by atoms with E-state index in [9.17, 15) is 9.59 Å². The molecule has 1 atom stereocenters. The monoisotopic (exact) mass is 493 g/mol. The number of Topliss-reactive ketones (excluding diaryl/α,β-unsaturated/α-hetero) is 1. The van der Waals surface area contributed by atoms with E-state index in [4.69, 9.17) is 24.7 Å². The van der Waals surface area contributed by atoms with Crippen LogP contribution in [0.15, 0.2) is 30.3 Å². The first kappa shape index (κ1) is 23.5. The van der Waals surface area contributed by atoms with Crippen molar-refractivity contribution in [2.24, 2.45) is 0 Å². The fourth-order valence-electron chi connectivity index (χ4n) is 4.35. The van der Waals surface area contributed by atoms with Crippen molar-refractivity contribution in [2.45, 2.75) is 13.0 Å². The molecule has 0 spiro atoms. The summed E-state index contributed by atoms with van der Waals surface area (Å²) in [5.41, 5.74) is 7.41. The van der Waals surface area contributed by atoms with Crippen LogP contribution in [0.25, 0.3) is 10.9 Å². The summed E-state index contributed by atoms with van der Waals surface area (Å²) >= 11 is 0. The van der Waals surface area contributed by atoms with Gasteiger partial charge in [-0.2, -0.15) is 4.98 Å². The molecule has 188 valence electrons. The number of hydrogen-bond acceptors (Lipinski definition) is 10. The van der Waals surface area contributed by atoms with Crippen molar-refractivity contribution in [1.82, 2.24) is 14.9 Å². The number of methoxy groups -OCH3 is 2. The zero-order chi connectivity index (χ0) is 25.4. The standard InChI is InChI=1S/C25H27N5O6/c1-14(31)15-4-5-18-21(10-15)35-13-22(36-18)24(32)29-6-8-30(9-7-29)25-27-17-12-20(34-3)19(33-2)11-16(17)23(26)28-25/h4-5,10-12,22H,6-9,13H2,1-3H3,(H2,26,27,28). The van der Waals surface area contributed by atoms with Crippen molar-refractivity contribution < 1.29 is 28.5 Å². The van der Waals surface area contributed by atoms with Gasteiger partial charge in [0.1, 0.15) is 12.4 Å². The summed E-state index contributed by atoms with van der Waals surface area (Å²) in [6.07, 6.45) is -0.748. The first-order chi connectivity index (χ1) is 17.4. The zero-order valence-electron chi connectivity index (χ0n) is 20.3. The van der Waals surface area contributed by atoms with E-state index in [0.717, 1.165) is 0 Å². The first-order valence-corrected chi connectivity index (χ1v) is 11.6. The maximum Gasteiger partial charge on any atom is 0.267 e. The van der Waals surface area contributed by atoms with E-state index in [1.807, 2.05) is 4.90 Å². The summed E-state index contributed by atoms with van der Waals surface area (Å²) in [6, 6.07) is 8.49. The Morgan fingerprint density at radius 1 is 1.00 bits per heavy atom. The third-order valence-corrected chi connectivity index (χ3v) is 6.38. The molecule has 5 rings (SSSR count). The Morgan fingerprint density at radius 3 is 2.42 bits per heavy atom. The second kappa shape index (κ2) is 9.40. The van der Waals surface area contributed by atoms with Crippen LogP contribution in [0.3, 0.4) is 0 Å². The maximum absolute atomic E-state index is 13.1. The van der Waals surface area contributed by atoms with E-state index in [2.05, 4.69) is 9.97 Å². The number of hydrogen-bond donors (Lipinski definition) is 1. The van der Waals surface area contributed by atoms with Gasteiger partial charge in [0.15, 0.2) is 28.8 Å². The van der Waals surface area contributed by atoms with Gasteiger partial charge in [0.25, 0.3) is 5.91 Å². The number of anilines is 2. The molecule has 1 amide bonds. The Morgan fingerprint density at radius 2 is 1.72 bits per heavy atom. The second-order valence-corrected chi connectivity index (χ2v) is 8.58. The number of nitrogens with two attached hydrogens (primary N) is 1. The number of carbonyl (C=O) groups is 2. The van der Waals surface area contributed by atoms with E-state index in [-0.39, 0.29) is 18.3 Å². The largest absolute Gasteiger partial charge is 0.493 e. The average Bonchev–Trinajstić information content (AvgIpc) is 2.91. The van der Waals surface area contributed by atoms with Crippen molar-refractivity contribution >= 4 is 34.4 Å². The van der Waals surface area contributed by atoms with E-state index < -0.39 is 6.10 Å². The number of amides is 1. The molecular formula is C25H27N5O6. The van der Waals surface area contributed by atoms with Crippen LogP contribution in [0.1, 0.15) is 17.3 Å². The van der Waals surface area contributed by atoms with Crippen molar-refractivity contribution in [2.75, 3.05) is 57.6 Å². The van der Waals surface area contributed by atoms with Crippen molar-refractivity contribution in [3.05, 3.63) is 35.9 Å². The lowest BCUT2D eigenvalue weighted by molar-refractivity contribution is -0.141. The number of aromatic nitrogens is 2. The highest BCUT2D eigenvalue weighted by atomic mass is 16.6. The lowest BCUT2D eigenvalue weighted by Crippen LogP contribution is -2.54. The fraction of sp³-hybridized carbons (Fsp3) is 0.360. The van der Waals surface area contributed by atoms with Gasteiger partial charge < -0.3 is 34.5 Å². The van der Waals surface area contributed by atoms with Gasteiger partial charge in [0, 0.05) is 43.2 Å². The summed E-state index contributed by atoms with van der Waals surface area (Å²) in [6.45, 7) is 3.60. The molecule has 2 N–H and O–H groups in total. The molecule has 2 aromatic carbocycles. The van der Waals surface area contributed by atoms with Crippen molar-refractivity contribution in [3.63, 3.8) is 0 Å². The fourth-order valence-corrected chi connectivity index (χ4v) is 4.35. The topological polar surface area (TPSA) is 129 Å². The minimum atomic E-state index is -0.748.